The number of rotatable bonds is 1. The molecule has 3 heterocycles. The molecule has 4 rings (SSSR count). The van der Waals surface area contributed by atoms with Gasteiger partial charge in [-0.05, 0) is 24.6 Å². The number of likely N-dealkylation sites (tertiary alicyclic amines) is 1. The number of aromatic hydroxyl groups is 1. The van der Waals surface area contributed by atoms with Crippen molar-refractivity contribution in [1.82, 2.24) is 9.80 Å². The van der Waals surface area contributed by atoms with Gasteiger partial charge in [-0.25, -0.2) is 4.39 Å². The third-order valence-electron chi connectivity index (χ3n) is 5.07. The first-order valence-corrected chi connectivity index (χ1v) is 7.77. The molecule has 122 valence electrons. The van der Waals surface area contributed by atoms with Crippen molar-refractivity contribution in [2.75, 3.05) is 19.7 Å². The largest absolute Gasteiger partial charge is 0.505 e. The van der Waals surface area contributed by atoms with E-state index in [1.807, 2.05) is 0 Å². The Bertz CT molecular complexity index is 695. The van der Waals surface area contributed by atoms with Crippen molar-refractivity contribution in [2.24, 2.45) is 0 Å². The highest BCUT2D eigenvalue weighted by Crippen LogP contribution is 2.45. The van der Waals surface area contributed by atoms with Crippen molar-refractivity contribution in [1.29, 1.82) is 0 Å². The first-order chi connectivity index (χ1) is 11.0. The summed E-state index contributed by atoms with van der Waals surface area (Å²) in [5.74, 6) is -1.65. The zero-order valence-corrected chi connectivity index (χ0v) is 12.5. The summed E-state index contributed by atoms with van der Waals surface area (Å²) in [5, 5.41) is 9.26. The Morgan fingerprint density at radius 1 is 1.39 bits per heavy atom. The summed E-state index contributed by atoms with van der Waals surface area (Å²) in [7, 11) is 0. The number of halogens is 1. The lowest BCUT2D eigenvalue weighted by atomic mass is 10.0. The number of amides is 2. The standard InChI is InChI=1S/C16H17FN2O4/c17-11-8-10(2-3-12(11)20)15(22)18-6-4-16-13(18)9-14(21)19(16)5-1-7-23-16/h2-3,8,13,20H,1,4-7,9H2/t13-,16+/m1/s1. The second kappa shape index (κ2) is 4.92. The number of carbonyl (C=O) groups is 2. The molecule has 2 atom stereocenters. The molecule has 6 nitrogen and oxygen atoms in total. The van der Waals surface area contributed by atoms with Crippen molar-refractivity contribution in [2.45, 2.75) is 31.0 Å². The molecule has 3 aliphatic rings. The predicted octanol–water partition coefficient (Wildman–Crippen LogP) is 1.09. The van der Waals surface area contributed by atoms with Crippen LogP contribution in [0, 0.1) is 5.82 Å². The van der Waals surface area contributed by atoms with Crippen LogP contribution in [0.5, 0.6) is 5.75 Å². The lowest BCUT2D eigenvalue weighted by Gasteiger charge is -2.42. The summed E-state index contributed by atoms with van der Waals surface area (Å²) in [4.78, 5) is 28.3. The van der Waals surface area contributed by atoms with Crippen molar-refractivity contribution in [3.05, 3.63) is 29.6 Å². The summed E-state index contributed by atoms with van der Waals surface area (Å²) in [6, 6.07) is 3.25. The van der Waals surface area contributed by atoms with Gasteiger partial charge in [-0.2, -0.15) is 0 Å². The van der Waals surface area contributed by atoms with Gasteiger partial charge in [-0.1, -0.05) is 0 Å². The molecule has 1 aromatic rings. The van der Waals surface area contributed by atoms with E-state index in [2.05, 4.69) is 0 Å². The molecule has 23 heavy (non-hydrogen) atoms. The van der Waals surface area contributed by atoms with Crippen LogP contribution in [0.15, 0.2) is 18.2 Å². The fourth-order valence-corrected chi connectivity index (χ4v) is 4.00. The quantitative estimate of drug-likeness (QED) is 0.841. The Morgan fingerprint density at radius 2 is 2.22 bits per heavy atom. The van der Waals surface area contributed by atoms with Gasteiger partial charge in [0.1, 0.15) is 0 Å². The molecule has 2 amide bonds. The SMILES string of the molecule is O=C(c1ccc(O)c(F)c1)N1CC[C@@]23OCCCN2C(=O)C[C@@H]13. The van der Waals surface area contributed by atoms with Gasteiger partial charge < -0.3 is 19.6 Å². The summed E-state index contributed by atoms with van der Waals surface area (Å²) in [6.07, 6.45) is 1.62. The van der Waals surface area contributed by atoms with Crippen LogP contribution in [0.3, 0.4) is 0 Å². The van der Waals surface area contributed by atoms with E-state index in [1.165, 1.54) is 6.07 Å². The van der Waals surface area contributed by atoms with E-state index >= 15 is 0 Å². The van der Waals surface area contributed by atoms with Gasteiger partial charge >= 0.3 is 0 Å². The number of nitrogens with zero attached hydrogens (tertiary/aromatic N) is 2. The molecule has 0 bridgehead atoms. The maximum Gasteiger partial charge on any atom is 0.254 e. The molecule has 1 aromatic carbocycles. The number of phenolic OH excluding ortho intramolecular Hbond substituents is 1. The third-order valence-corrected chi connectivity index (χ3v) is 5.07. The van der Waals surface area contributed by atoms with E-state index < -0.39 is 17.3 Å². The minimum absolute atomic E-state index is 0.00378. The zero-order valence-electron chi connectivity index (χ0n) is 12.5. The van der Waals surface area contributed by atoms with Gasteiger partial charge in [0, 0.05) is 25.1 Å². The minimum Gasteiger partial charge on any atom is -0.505 e. The van der Waals surface area contributed by atoms with E-state index in [1.54, 1.807) is 9.80 Å². The van der Waals surface area contributed by atoms with Crippen LogP contribution in [-0.4, -0.2) is 58.2 Å². The smallest absolute Gasteiger partial charge is 0.254 e. The number of carbonyl (C=O) groups excluding carboxylic acids is 2. The normalized spacial score (nSPS) is 29.6. The average molecular weight is 320 g/mol. The third kappa shape index (κ3) is 1.96. The lowest BCUT2D eigenvalue weighted by Crippen LogP contribution is -2.56. The van der Waals surface area contributed by atoms with Crippen molar-refractivity contribution in [3.8, 4) is 5.75 Å². The van der Waals surface area contributed by atoms with Crippen LogP contribution in [0.2, 0.25) is 0 Å². The highest BCUT2D eigenvalue weighted by molar-refractivity contribution is 5.96. The van der Waals surface area contributed by atoms with Crippen LogP contribution in [0.25, 0.3) is 0 Å². The molecule has 0 unspecified atom stereocenters. The van der Waals surface area contributed by atoms with Crippen LogP contribution < -0.4 is 0 Å². The average Bonchev–Trinajstić information content (AvgIpc) is 3.02. The topological polar surface area (TPSA) is 70.1 Å². The summed E-state index contributed by atoms with van der Waals surface area (Å²) >= 11 is 0. The fraction of sp³-hybridized carbons (Fsp3) is 0.500. The van der Waals surface area contributed by atoms with Gasteiger partial charge in [0.15, 0.2) is 17.3 Å². The molecule has 3 fully saturated rings. The summed E-state index contributed by atoms with van der Waals surface area (Å²) < 4.78 is 19.5. The number of benzene rings is 1. The molecule has 7 heteroatoms. The number of phenols is 1. The Hall–Kier alpha value is -2.15. The van der Waals surface area contributed by atoms with Crippen molar-refractivity contribution < 1.29 is 23.8 Å². The van der Waals surface area contributed by atoms with Gasteiger partial charge in [0.05, 0.1) is 19.1 Å². The summed E-state index contributed by atoms with van der Waals surface area (Å²) in [6.45, 7) is 1.71. The zero-order chi connectivity index (χ0) is 16.2. The Balaban J connectivity index is 1.64. The van der Waals surface area contributed by atoms with Crippen molar-refractivity contribution in [3.63, 3.8) is 0 Å². The number of hydrogen-bond acceptors (Lipinski definition) is 4. The van der Waals surface area contributed by atoms with E-state index in [-0.39, 0.29) is 29.8 Å². The maximum atomic E-state index is 13.5. The van der Waals surface area contributed by atoms with E-state index in [0.717, 1.165) is 18.6 Å². The molecule has 0 aliphatic carbocycles. The molecule has 3 saturated heterocycles. The number of hydrogen-bond donors (Lipinski definition) is 1. The number of ether oxygens (including phenoxy) is 1. The molecule has 3 aliphatic heterocycles. The molecule has 0 saturated carbocycles. The van der Waals surface area contributed by atoms with E-state index in [9.17, 15) is 19.1 Å². The molecule has 1 N–H and O–H groups in total. The van der Waals surface area contributed by atoms with E-state index in [0.29, 0.717) is 26.1 Å². The van der Waals surface area contributed by atoms with Gasteiger partial charge in [-0.3, -0.25) is 9.59 Å². The fourth-order valence-electron chi connectivity index (χ4n) is 4.00. The van der Waals surface area contributed by atoms with Gasteiger partial charge in [-0.15, -0.1) is 0 Å². The lowest BCUT2D eigenvalue weighted by molar-refractivity contribution is -0.179. The van der Waals surface area contributed by atoms with Crippen LogP contribution >= 0.6 is 0 Å². The molecular formula is C16H17FN2O4. The first kappa shape index (κ1) is 14.4. The van der Waals surface area contributed by atoms with E-state index in [4.69, 9.17) is 4.74 Å². The molecule has 0 radical (unpaired) electrons. The summed E-state index contributed by atoms with van der Waals surface area (Å²) in [5.41, 5.74) is -0.542. The Labute approximate surface area is 132 Å². The Kier molecular flexibility index (Phi) is 3.09. The monoisotopic (exact) mass is 320 g/mol. The second-order valence-corrected chi connectivity index (χ2v) is 6.23. The van der Waals surface area contributed by atoms with Gasteiger partial charge in [0.2, 0.25) is 5.91 Å². The highest BCUT2D eigenvalue weighted by Gasteiger charge is 2.61. The minimum atomic E-state index is -0.831. The maximum absolute atomic E-state index is 13.5. The molecular weight excluding hydrogens is 303 g/mol. The van der Waals surface area contributed by atoms with Crippen molar-refractivity contribution >= 4 is 11.8 Å². The molecule has 0 aromatic heterocycles. The van der Waals surface area contributed by atoms with Gasteiger partial charge in [0.25, 0.3) is 5.91 Å². The van der Waals surface area contributed by atoms with Crippen LogP contribution in [0.1, 0.15) is 29.6 Å². The van der Waals surface area contributed by atoms with Crippen LogP contribution in [0.4, 0.5) is 4.39 Å². The van der Waals surface area contributed by atoms with Crippen LogP contribution in [-0.2, 0) is 9.53 Å². The second-order valence-electron chi connectivity index (χ2n) is 6.23. The first-order valence-electron chi connectivity index (χ1n) is 7.77. The molecule has 1 spiro atoms. The predicted molar refractivity (Wildman–Crippen MR) is 77.1 cm³/mol. The Morgan fingerprint density at radius 3 is 3.00 bits per heavy atom. The highest BCUT2D eigenvalue weighted by atomic mass is 19.1.